The Hall–Kier alpha value is -2.83. The van der Waals surface area contributed by atoms with Crippen LogP contribution in [0.3, 0.4) is 0 Å². The van der Waals surface area contributed by atoms with Gasteiger partial charge in [-0.3, -0.25) is 10.00 Å². The first-order chi connectivity index (χ1) is 14.1. The molecule has 0 aliphatic heterocycles. The third kappa shape index (κ3) is 4.28. The standard InChI is InChI=1S/C22H30N6O/c1-16-14-23-15-27(16)12-6-11-24-22(29)28(18-7-4-3-5-8-18)19-9-10-21-20(13-19)17(2)25-26-21/h9-10,13-15,18H,3-8,11-12H2,1-2H3,(H,24,29)(H,25,26). The second-order valence-corrected chi connectivity index (χ2v) is 8.03. The van der Waals surface area contributed by atoms with E-state index in [0.717, 1.165) is 53.8 Å². The number of aromatic amines is 1. The average molecular weight is 395 g/mol. The Kier molecular flexibility index (Phi) is 5.83. The van der Waals surface area contributed by atoms with Crippen LogP contribution in [0.5, 0.6) is 0 Å². The molecule has 3 aromatic rings. The number of hydrogen-bond acceptors (Lipinski definition) is 3. The SMILES string of the molecule is Cc1[nH]nc2ccc(N(C(=O)NCCCn3cncc3C)C3CCCCC3)cc12. The molecule has 1 saturated carbocycles. The fourth-order valence-electron chi connectivity index (χ4n) is 4.26. The van der Waals surface area contributed by atoms with E-state index in [-0.39, 0.29) is 12.1 Å². The monoisotopic (exact) mass is 394 g/mol. The number of H-pyrrole nitrogens is 1. The van der Waals surface area contributed by atoms with Crippen molar-refractivity contribution in [2.75, 3.05) is 11.4 Å². The fourth-order valence-corrected chi connectivity index (χ4v) is 4.26. The van der Waals surface area contributed by atoms with Crippen molar-refractivity contribution in [3.8, 4) is 0 Å². The molecule has 1 aliphatic rings. The molecular weight excluding hydrogens is 364 g/mol. The van der Waals surface area contributed by atoms with Gasteiger partial charge in [0.2, 0.25) is 0 Å². The number of hydrogen-bond donors (Lipinski definition) is 2. The van der Waals surface area contributed by atoms with Crippen molar-refractivity contribution >= 4 is 22.6 Å². The largest absolute Gasteiger partial charge is 0.338 e. The molecule has 1 aliphatic carbocycles. The Balaban J connectivity index is 1.47. The van der Waals surface area contributed by atoms with Crippen molar-refractivity contribution in [1.29, 1.82) is 0 Å². The summed E-state index contributed by atoms with van der Waals surface area (Å²) >= 11 is 0. The van der Waals surface area contributed by atoms with Gasteiger partial charge in [0.05, 0.1) is 11.8 Å². The minimum atomic E-state index is -0.000231. The Labute approximate surface area is 171 Å². The predicted molar refractivity (Wildman–Crippen MR) is 115 cm³/mol. The molecule has 2 amide bonds. The molecule has 154 valence electrons. The van der Waals surface area contributed by atoms with Crippen molar-refractivity contribution in [3.63, 3.8) is 0 Å². The summed E-state index contributed by atoms with van der Waals surface area (Å²) in [6, 6.07) is 6.37. The predicted octanol–water partition coefficient (Wildman–Crippen LogP) is 4.32. The summed E-state index contributed by atoms with van der Waals surface area (Å²) in [6.07, 6.45) is 10.3. The molecule has 2 aromatic heterocycles. The summed E-state index contributed by atoms with van der Waals surface area (Å²) in [7, 11) is 0. The van der Waals surface area contributed by atoms with Gasteiger partial charge in [0.15, 0.2) is 0 Å². The zero-order valence-corrected chi connectivity index (χ0v) is 17.3. The van der Waals surface area contributed by atoms with Crippen LogP contribution in [-0.2, 0) is 6.54 Å². The molecule has 2 N–H and O–H groups in total. The molecule has 4 rings (SSSR count). The van der Waals surface area contributed by atoms with Crippen LogP contribution in [0.2, 0.25) is 0 Å². The summed E-state index contributed by atoms with van der Waals surface area (Å²) in [5, 5.41) is 11.6. The Bertz CT molecular complexity index is 969. The van der Waals surface area contributed by atoms with Crippen molar-refractivity contribution < 1.29 is 4.79 Å². The molecule has 0 saturated heterocycles. The van der Waals surface area contributed by atoms with Crippen LogP contribution in [0.1, 0.15) is 49.9 Å². The number of aromatic nitrogens is 4. The summed E-state index contributed by atoms with van der Waals surface area (Å²) in [5.74, 6) is 0. The molecule has 7 nitrogen and oxygen atoms in total. The maximum atomic E-state index is 13.2. The number of anilines is 1. The number of nitrogens with one attached hydrogen (secondary N) is 2. The van der Waals surface area contributed by atoms with Crippen molar-refractivity contribution in [2.45, 2.75) is 65.0 Å². The van der Waals surface area contributed by atoms with Gasteiger partial charge in [-0.15, -0.1) is 0 Å². The van der Waals surface area contributed by atoms with E-state index < -0.39 is 0 Å². The Morgan fingerprint density at radius 2 is 2.10 bits per heavy atom. The van der Waals surface area contributed by atoms with Gasteiger partial charge in [0.1, 0.15) is 0 Å². The topological polar surface area (TPSA) is 78.8 Å². The van der Waals surface area contributed by atoms with Crippen molar-refractivity contribution in [1.82, 2.24) is 25.1 Å². The lowest BCUT2D eigenvalue weighted by molar-refractivity contribution is 0.241. The lowest BCUT2D eigenvalue weighted by atomic mass is 9.94. The quantitative estimate of drug-likeness (QED) is 0.611. The maximum absolute atomic E-state index is 13.2. The lowest BCUT2D eigenvalue weighted by Gasteiger charge is -2.34. The van der Waals surface area contributed by atoms with E-state index >= 15 is 0 Å². The molecule has 0 bridgehead atoms. The second-order valence-electron chi connectivity index (χ2n) is 8.03. The maximum Gasteiger partial charge on any atom is 0.322 e. The normalized spacial score (nSPS) is 15.0. The van der Waals surface area contributed by atoms with E-state index in [1.807, 2.05) is 43.4 Å². The molecule has 0 radical (unpaired) electrons. The van der Waals surface area contributed by atoms with Gasteiger partial charge in [-0.1, -0.05) is 19.3 Å². The number of benzene rings is 1. The Morgan fingerprint density at radius 1 is 1.28 bits per heavy atom. The number of aryl methyl sites for hydroxylation is 3. The van der Waals surface area contributed by atoms with Crippen LogP contribution in [0.15, 0.2) is 30.7 Å². The molecule has 7 heteroatoms. The zero-order chi connectivity index (χ0) is 20.2. The highest BCUT2D eigenvalue weighted by Gasteiger charge is 2.27. The number of carbonyl (C=O) groups excluding carboxylic acids is 1. The highest BCUT2D eigenvalue weighted by atomic mass is 16.2. The van der Waals surface area contributed by atoms with E-state index in [4.69, 9.17) is 0 Å². The second kappa shape index (κ2) is 8.68. The minimum Gasteiger partial charge on any atom is -0.338 e. The first kappa shape index (κ1) is 19.5. The number of urea groups is 1. The molecule has 0 atom stereocenters. The van der Waals surface area contributed by atoms with Crippen LogP contribution in [0.4, 0.5) is 10.5 Å². The highest BCUT2D eigenvalue weighted by Crippen LogP contribution is 2.30. The van der Waals surface area contributed by atoms with Gasteiger partial charge in [0, 0.05) is 47.8 Å². The third-order valence-corrected chi connectivity index (χ3v) is 5.94. The van der Waals surface area contributed by atoms with Gasteiger partial charge in [-0.25, -0.2) is 9.78 Å². The smallest absolute Gasteiger partial charge is 0.322 e. The number of carbonyl (C=O) groups is 1. The first-order valence-electron chi connectivity index (χ1n) is 10.6. The lowest BCUT2D eigenvalue weighted by Crippen LogP contribution is -2.47. The number of amides is 2. The van der Waals surface area contributed by atoms with Gasteiger partial charge in [-0.2, -0.15) is 5.10 Å². The van der Waals surface area contributed by atoms with Crippen LogP contribution in [-0.4, -0.2) is 38.4 Å². The van der Waals surface area contributed by atoms with Crippen molar-refractivity contribution in [2.24, 2.45) is 0 Å². The van der Waals surface area contributed by atoms with Crippen LogP contribution >= 0.6 is 0 Å². The molecule has 2 heterocycles. The van der Waals surface area contributed by atoms with Gasteiger partial charge < -0.3 is 9.88 Å². The molecule has 1 fully saturated rings. The van der Waals surface area contributed by atoms with Crippen LogP contribution in [0.25, 0.3) is 10.9 Å². The average Bonchev–Trinajstić information content (AvgIpc) is 3.32. The van der Waals surface area contributed by atoms with E-state index in [9.17, 15) is 4.79 Å². The molecule has 0 spiro atoms. The van der Waals surface area contributed by atoms with Crippen molar-refractivity contribution in [3.05, 3.63) is 42.1 Å². The molecular formula is C22H30N6O. The number of fused-ring (bicyclic) bond motifs is 1. The number of rotatable bonds is 6. The Morgan fingerprint density at radius 3 is 2.86 bits per heavy atom. The number of nitrogens with zero attached hydrogens (tertiary/aromatic N) is 4. The minimum absolute atomic E-state index is 0.000231. The van der Waals surface area contributed by atoms with E-state index in [1.54, 1.807) is 0 Å². The molecule has 0 unspecified atom stereocenters. The van der Waals surface area contributed by atoms with Gasteiger partial charge >= 0.3 is 6.03 Å². The van der Waals surface area contributed by atoms with Crippen LogP contribution < -0.4 is 10.2 Å². The third-order valence-electron chi connectivity index (χ3n) is 5.94. The summed E-state index contributed by atoms with van der Waals surface area (Å²) in [4.78, 5) is 19.3. The van der Waals surface area contributed by atoms with E-state index in [2.05, 4.69) is 31.1 Å². The molecule has 1 aromatic carbocycles. The van der Waals surface area contributed by atoms with E-state index in [1.165, 1.54) is 19.3 Å². The first-order valence-corrected chi connectivity index (χ1v) is 10.6. The number of imidazole rings is 1. The zero-order valence-electron chi connectivity index (χ0n) is 17.3. The van der Waals surface area contributed by atoms with Crippen LogP contribution in [0, 0.1) is 13.8 Å². The van der Waals surface area contributed by atoms with E-state index in [0.29, 0.717) is 6.54 Å². The summed E-state index contributed by atoms with van der Waals surface area (Å²) in [5.41, 5.74) is 4.06. The molecule has 29 heavy (non-hydrogen) atoms. The summed E-state index contributed by atoms with van der Waals surface area (Å²) in [6.45, 7) is 5.56. The van der Waals surface area contributed by atoms with Gasteiger partial charge in [0.25, 0.3) is 0 Å². The van der Waals surface area contributed by atoms with Gasteiger partial charge in [-0.05, 0) is 51.3 Å². The summed E-state index contributed by atoms with van der Waals surface area (Å²) < 4.78 is 2.11. The highest BCUT2D eigenvalue weighted by molar-refractivity contribution is 5.95. The fraction of sp³-hybridized carbons (Fsp3) is 0.500.